The van der Waals surface area contributed by atoms with E-state index in [-0.39, 0.29) is 29.4 Å². The summed E-state index contributed by atoms with van der Waals surface area (Å²) in [4.78, 5) is 21.7. The second-order valence-corrected chi connectivity index (χ2v) is 24.9. The summed E-state index contributed by atoms with van der Waals surface area (Å²) in [6.07, 6.45) is 5.62. The molecule has 73 heavy (non-hydrogen) atoms. The van der Waals surface area contributed by atoms with Crippen molar-refractivity contribution in [2.75, 3.05) is 101 Å². The summed E-state index contributed by atoms with van der Waals surface area (Å²) in [6, 6.07) is 26.2. The van der Waals surface area contributed by atoms with Gasteiger partial charge in [-0.1, -0.05) is 54.4 Å². The Hall–Kier alpha value is -3.89. The standard InChI is InChI=1S/C52H65ClF3N7O6S3.ClH/c1-51(37-62-22-18-42(57)19-23-62)21-17-47(38-7-11-41(53)12-8-38)40(34-51)35-61-25-27-63(28-26-61)44-13-9-39(10-14-44)50(64)59-72(67,68)46-15-16-48(49(33-46)71(65,66)52(54,55)56)58-43(20-24-60-29-31-69-32-30-60)36-70-45-5-3-2-4-6-45;/h2-16,33,42-43,58H,17-32,34-37,57H2,1H3,(H,59,64);1H/t43-,51?;/m1./s1. The summed E-state index contributed by atoms with van der Waals surface area (Å²) in [7, 11) is -10.9. The van der Waals surface area contributed by atoms with Crippen LogP contribution in [0.5, 0.6) is 0 Å². The van der Waals surface area contributed by atoms with Gasteiger partial charge in [-0.3, -0.25) is 14.6 Å². The van der Waals surface area contributed by atoms with Gasteiger partial charge in [0.25, 0.3) is 25.8 Å². The van der Waals surface area contributed by atoms with Gasteiger partial charge in [0.15, 0.2) is 0 Å². The minimum atomic E-state index is -6.06. The van der Waals surface area contributed by atoms with Crippen LogP contribution in [0, 0.1) is 5.41 Å². The number of halogens is 5. The molecule has 0 aromatic heterocycles. The van der Waals surface area contributed by atoms with E-state index in [1.54, 1.807) is 12.1 Å². The van der Waals surface area contributed by atoms with Crippen LogP contribution in [0.25, 0.3) is 5.57 Å². The van der Waals surface area contributed by atoms with Crippen molar-refractivity contribution in [2.24, 2.45) is 11.1 Å². The van der Waals surface area contributed by atoms with Gasteiger partial charge < -0.3 is 25.6 Å². The quantitative estimate of drug-likeness (QED) is 0.0815. The maximum absolute atomic E-state index is 14.2. The van der Waals surface area contributed by atoms with Gasteiger partial charge in [0.05, 0.1) is 23.8 Å². The van der Waals surface area contributed by atoms with Crippen LogP contribution in [-0.4, -0.2) is 146 Å². The summed E-state index contributed by atoms with van der Waals surface area (Å²) < 4.78 is 104. The van der Waals surface area contributed by atoms with E-state index in [1.165, 1.54) is 40.6 Å². The van der Waals surface area contributed by atoms with Crippen molar-refractivity contribution in [2.45, 2.75) is 77.7 Å². The molecule has 1 unspecified atom stereocenters. The molecule has 0 radical (unpaired) electrons. The van der Waals surface area contributed by atoms with Gasteiger partial charge in [-0.25, -0.2) is 21.6 Å². The number of piperazine rings is 1. The number of thioether (sulfide) groups is 1. The van der Waals surface area contributed by atoms with E-state index in [2.05, 4.69) is 44.0 Å². The molecule has 13 nitrogen and oxygen atoms in total. The minimum absolute atomic E-state index is 0. The SMILES string of the molecule is CC1(CN2CCC(N)CC2)CCC(c2ccc(Cl)cc2)=C(CN2CCN(c3ccc(C(=O)NS(=O)(=O)c4ccc(N[C@H](CCN5CCOCC5)CSc5ccccc5)c(S(=O)(=O)C(F)(F)F)c4)cc3)CC2)C1.Cl. The van der Waals surface area contributed by atoms with E-state index in [9.17, 15) is 34.8 Å². The number of hydrogen-bond acceptors (Lipinski definition) is 13. The topological polar surface area (TPSA) is 158 Å². The van der Waals surface area contributed by atoms with Crippen molar-refractivity contribution in [3.63, 3.8) is 0 Å². The average Bonchev–Trinajstić information content (AvgIpc) is 3.36. The Balaban J connectivity index is 0.00000780. The molecule has 1 aliphatic carbocycles. The molecule has 0 saturated carbocycles. The number of morpholine rings is 1. The largest absolute Gasteiger partial charge is 0.501 e. The molecule has 3 aliphatic heterocycles. The van der Waals surface area contributed by atoms with Crippen LogP contribution in [0.1, 0.15) is 61.4 Å². The molecule has 3 fully saturated rings. The van der Waals surface area contributed by atoms with Gasteiger partial charge >= 0.3 is 5.51 Å². The fourth-order valence-corrected chi connectivity index (χ4v) is 13.3. The van der Waals surface area contributed by atoms with E-state index < -0.39 is 52.8 Å². The zero-order valence-electron chi connectivity index (χ0n) is 41.0. The van der Waals surface area contributed by atoms with E-state index in [1.807, 2.05) is 47.2 Å². The third kappa shape index (κ3) is 14.9. The van der Waals surface area contributed by atoms with Crippen molar-refractivity contribution in [3.05, 3.63) is 119 Å². The first kappa shape index (κ1) is 56.8. The first-order valence-corrected chi connectivity index (χ1v) is 29.0. The monoisotopic (exact) mass is 1110 g/mol. The van der Waals surface area contributed by atoms with Crippen LogP contribution in [0.2, 0.25) is 5.02 Å². The molecule has 2 atom stereocenters. The number of nitrogens with zero attached hydrogens (tertiary/aromatic N) is 4. The molecule has 4 aromatic carbocycles. The van der Waals surface area contributed by atoms with Crippen LogP contribution >= 0.6 is 35.8 Å². The predicted molar refractivity (Wildman–Crippen MR) is 287 cm³/mol. The molecular weight excluding hydrogens is 1040 g/mol. The van der Waals surface area contributed by atoms with E-state index >= 15 is 0 Å². The van der Waals surface area contributed by atoms with Crippen molar-refractivity contribution >= 4 is 78.5 Å². The lowest BCUT2D eigenvalue weighted by Crippen LogP contribution is -2.48. The number of nitrogens with two attached hydrogens (primary N) is 1. The highest BCUT2D eigenvalue weighted by Gasteiger charge is 2.48. The summed E-state index contributed by atoms with van der Waals surface area (Å²) >= 11 is 7.74. The second kappa shape index (κ2) is 24.8. The molecule has 0 spiro atoms. The average molecular weight is 1110 g/mol. The number of piperidine rings is 1. The number of nitrogens with one attached hydrogen (secondary N) is 2. The Labute approximate surface area is 443 Å². The Bertz CT molecular complexity index is 2740. The van der Waals surface area contributed by atoms with Crippen LogP contribution in [0.3, 0.4) is 0 Å². The number of amides is 1. The number of alkyl halides is 3. The number of carbonyl (C=O) groups excluding carboxylic acids is 1. The Kier molecular flexibility index (Phi) is 19.3. The van der Waals surface area contributed by atoms with Crippen LogP contribution in [0.4, 0.5) is 24.5 Å². The molecule has 1 amide bonds. The Morgan fingerprint density at radius 1 is 0.863 bits per heavy atom. The number of allylic oxidation sites excluding steroid dienone is 1. The molecular formula is C52H66Cl2F3N7O6S3. The number of sulfonamides is 1. The highest BCUT2D eigenvalue weighted by atomic mass is 35.5. The normalized spacial score (nSPS) is 20.6. The highest BCUT2D eigenvalue weighted by molar-refractivity contribution is 7.99. The van der Waals surface area contributed by atoms with Gasteiger partial charge in [0.2, 0.25) is 0 Å². The van der Waals surface area contributed by atoms with E-state index in [4.69, 9.17) is 22.1 Å². The van der Waals surface area contributed by atoms with Gasteiger partial charge in [-0.05, 0) is 135 Å². The van der Waals surface area contributed by atoms with Gasteiger partial charge in [-0.2, -0.15) is 13.2 Å². The van der Waals surface area contributed by atoms with E-state index in [0.29, 0.717) is 56.1 Å². The number of carbonyl (C=O) groups is 1. The molecule has 0 bridgehead atoms. The van der Waals surface area contributed by atoms with Crippen molar-refractivity contribution in [1.29, 1.82) is 0 Å². The summed E-state index contributed by atoms with van der Waals surface area (Å²) in [6.45, 7) is 12.5. The smallest absolute Gasteiger partial charge is 0.380 e. The number of hydrogen-bond donors (Lipinski definition) is 3. The van der Waals surface area contributed by atoms with Crippen molar-refractivity contribution < 1.29 is 39.5 Å². The first-order valence-electron chi connectivity index (χ1n) is 24.6. The third-order valence-electron chi connectivity index (χ3n) is 14.3. The molecule has 8 rings (SSSR count). The lowest BCUT2D eigenvalue weighted by molar-refractivity contribution is -0.0435. The Morgan fingerprint density at radius 2 is 1.53 bits per heavy atom. The second-order valence-electron chi connectivity index (χ2n) is 19.7. The van der Waals surface area contributed by atoms with Crippen LogP contribution in [0.15, 0.2) is 117 Å². The number of sulfone groups is 1. The van der Waals surface area contributed by atoms with Gasteiger partial charge in [0.1, 0.15) is 4.90 Å². The zero-order chi connectivity index (χ0) is 51.1. The predicted octanol–water partition coefficient (Wildman–Crippen LogP) is 8.66. The minimum Gasteiger partial charge on any atom is -0.380 e. The Morgan fingerprint density at radius 3 is 2.19 bits per heavy atom. The van der Waals surface area contributed by atoms with Gasteiger partial charge in [0, 0.05) is 97.9 Å². The number of benzene rings is 4. The van der Waals surface area contributed by atoms with Crippen molar-refractivity contribution in [1.82, 2.24) is 19.4 Å². The molecule has 4 N–H and O–H groups in total. The number of ether oxygens (including phenoxy) is 1. The maximum atomic E-state index is 14.2. The molecule has 398 valence electrons. The highest BCUT2D eigenvalue weighted by Crippen LogP contribution is 2.44. The summed E-state index contributed by atoms with van der Waals surface area (Å²) in [5.74, 6) is -0.658. The molecule has 21 heteroatoms. The molecule has 4 aromatic rings. The zero-order valence-corrected chi connectivity index (χ0v) is 45.0. The number of likely N-dealkylation sites (tertiary alicyclic amines) is 1. The first-order chi connectivity index (χ1) is 34.3. The number of anilines is 2. The number of rotatable bonds is 18. The van der Waals surface area contributed by atoms with Crippen molar-refractivity contribution in [3.8, 4) is 0 Å². The van der Waals surface area contributed by atoms with Crippen LogP contribution < -0.4 is 20.7 Å². The molecule has 3 saturated heterocycles. The fraction of sp³-hybridized carbons (Fsp3) is 0.481. The summed E-state index contributed by atoms with van der Waals surface area (Å²) in [5, 5.41) is 3.71. The third-order valence-corrected chi connectivity index (χ3v) is 18.6. The molecule has 3 heterocycles. The van der Waals surface area contributed by atoms with E-state index in [0.717, 1.165) is 107 Å². The lowest BCUT2D eigenvalue weighted by atomic mass is 9.71. The van der Waals surface area contributed by atoms with Gasteiger partial charge in [-0.15, -0.1) is 24.2 Å². The van der Waals surface area contributed by atoms with Crippen LogP contribution in [-0.2, 0) is 24.6 Å². The lowest BCUT2D eigenvalue weighted by Gasteiger charge is -2.43. The summed E-state index contributed by atoms with van der Waals surface area (Å²) in [5.41, 5.74) is 5.15. The fourth-order valence-electron chi connectivity index (χ4n) is 10.2. The maximum Gasteiger partial charge on any atom is 0.501 e. The molecule has 4 aliphatic rings.